The molecule has 7 aromatic rings. The molecule has 1 aliphatic rings. The SMILES string of the molecule is c1ccc(-c2nc(-c3ccccc3)nc(-c3ccc4c(c3)-c3cccc5c(-c6ccccc6)ccc-4c35)n2)cc1. The minimum atomic E-state index is 0.669. The lowest BCUT2D eigenvalue weighted by Gasteiger charge is -2.10. The van der Waals surface area contributed by atoms with Gasteiger partial charge in [0.15, 0.2) is 17.5 Å². The summed E-state index contributed by atoms with van der Waals surface area (Å²) in [6.45, 7) is 0. The van der Waals surface area contributed by atoms with E-state index in [0.29, 0.717) is 17.5 Å². The largest absolute Gasteiger partial charge is 0.208 e. The average molecular weight is 510 g/mol. The number of nitrogens with zero attached hydrogens (tertiary/aromatic N) is 3. The fraction of sp³-hybridized carbons (Fsp3) is 0. The fourth-order valence-corrected chi connectivity index (χ4v) is 5.80. The molecular formula is C37H23N3. The van der Waals surface area contributed by atoms with Gasteiger partial charge in [0.25, 0.3) is 0 Å². The van der Waals surface area contributed by atoms with Crippen LogP contribution in [0.5, 0.6) is 0 Å². The van der Waals surface area contributed by atoms with Crippen molar-refractivity contribution < 1.29 is 0 Å². The molecule has 186 valence electrons. The van der Waals surface area contributed by atoms with E-state index in [4.69, 9.17) is 15.0 Å². The number of hydrogen-bond donors (Lipinski definition) is 0. The standard InChI is InChI=1S/C37H23N3/c1-4-11-24(12-5-1)28-21-22-32-29-20-19-27(23-33(29)31-18-10-17-30(28)34(31)32)37-39-35(25-13-6-2-7-14-25)38-36(40-37)26-15-8-3-9-16-26/h1-23H. The fourth-order valence-electron chi connectivity index (χ4n) is 5.80. The summed E-state index contributed by atoms with van der Waals surface area (Å²) in [6.07, 6.45) is 0. The van der Waals surface area contributed by atoms with Crippen molar-refractivity contribution in [2.24, 2.45) is 0 Å². The van der Waals surface area contributed by atoms with Crippen LogP contribution >= 0.6 is 0 Å². The number of benzene rings is 6. The van der Waals surface area contributed by atoms with Gasteiger partial charge in [-0.2, -0.15) is 0 Å². The summed E-state index contributed by atoms with van der Waals surface area (Å²) in [6, 6.07) is 48.6. The summed E-state index contributed by atoms with van der Waals surface area (Å²) < 4.78 is 0. The van der Waals surface area contributed by atoms with Gasteiger partial charge in [0.05, 0.1) is 0 Å². The van der Waals surface area contributed by atoms with E-state index in [1.807, 2.05) is 60.7 Å². The molecule has 1 heterocycles. The van der Waals surface area contributed by atoms with Crippen LogP contribution in [-0.4, -0.2) is 15.0 Å². The van der Waals surface area contributed by atoms with E-state index in [0.717, 1.165) is 16.7 Å². The molecule has 3 nitrogen and oxygen atoms in total. The van der Waals surface area contributed by atoms with Crippen molar-refractivity contribution in [2.45, 2.75) is 0 Å². The van der Waals surface area contributed by atoms with Gasteiger partial charge in [0, 0.05) is 16.7 Å². The van der Waals surface area contributed by atoms with Gasteiger partial charge in [-0.3, -0.25) is 0 Å². The molecule has 1 aromatic heterocycles. The first kappa shape index (κ1) is 22.6. The van der Waals surface area contributed by atoms with Gasteiger partial charge in [-0.25, -0.2) is 15.0 Å². The Kier molecular flexibility index (Phi) is 5.14. The molecule has 8 rings (SSSR count). The van der Waals surface area contributed by atoms with Crippen molar-refractivity contribution in [3.63, 3.8) is 0 Å². The van der Waals surface area contributed by atoms with Crippen molar-refractivity contribution >= 4 is 10.8 Å². The Morgan fingerprint density at radius 1 is 0.300 bits per heavy atom. The molecule has 6 aromatic carbocycles. The van der Waals surface area contributed by atoms with E-state index in [1.165, 1.54) is 44.2 Å². The number of aromatic nitrogens is 3. The van der Waals surface area contributed by atoms with E-state index in [1.54, 1.807) is 0 Å². The van der Waals surface area contributed by atoms with Crippen LogP contribution in [0.2, 0.25) is 0 Å². The van der Waals surface area contributed by atoms with Gasteiger partial charge in [-0.1, -0.05) is 133 Å². The highest BCUT2D eigenvalue weighted by Gasteiger charge is 2.24. The number of hydrogen-bond acceptors (Lipinski definition) is 3. The van der Waals surface area contributed by atoms with Gasteiger partial charge in [-0.05, 0) is 50.2 Å². The van der Waals surface area contributed by atoms with Crippen molar-refractivity contribution in [3.05, 3.63) is 140 Å². The zero-order chi connectivity index (χ0) is 26.5. The number of rotatable bonds is 4. The predicted molar refractivity (Wildman–Crippen MR) is 164 cm³/mol. The summed E-state index contributed by atoms with van der Waals surface area (Å²) in [5.74, 6) is 2.01. The molecule has 40 heavy (non-hydrogen) atoms. The molecule has 0 bridgehead atoms. The summed E-state index contributed by atoms with van der Waals surface area (Å²) in [4.78, 5) is 14.8. The third-order valence-electron chi connectivity index (χ3n) is 7.68. The van der Waals surface area contributed by atoms with Gasteiger partial charge in [-0.15, -0.1) is 0 Å². The lowest BCUT2D eigenvalue weighted by atomic mass is 9.94. The minimum Gasteiger partial charge on any atom is -0.208 e. The molecule has 0 atom stereocenters. The van der Waals surface area contributed by atoms with Crippen LogP contribution in [0.4, 0.5) is 0 Å². The smallest absolute Gasteiger partial charge is 0.164 e. The molecule has 0 amide bonds. The Morgan fingerprint density at radius 2 is 0.800 bits per heavy atom. The monoisotopic (exact) mass is 509 g/mol. The Balaban J connectivity index is 1.31. The second-order valence-electron chi connectivity index (χ2n) is 10.1. The Hall–Kier alpha value is -5.41. The molecule has 0 fully saturated rings. The van der Waals surface area contributed by atoms with Crippen LogP contribution < -0.4 is 0 Å². The lowest BCUT2D eigenvalue weighted by Crippen LogP contribution is -2.00. The van der Waals surface area contributed by atoms with Gasteiger partial charge < -0.3 is 0 Å². The van der Waals surface area contributed by atoms with Gasteiger partial charge in [0.2, 0.25) is 0 Å². The maximum atomic E-state index is 4.95. The average Bonchev–Trinajstić information content (AvgIpc) is 3.36. The van der Waals surface area contributed by atoms with Crippen molar-refractivity contribution in [1.82, 2.24) is 15.0 Å². The van der Waals surface area contributed by atoms with E-state index in [9.17, 15) is 0 Å². The summed E-state index contributed by atoms with van der Waals surface area (Å²) in [5.41, 5.74) is 10.4. The van der Waals surface area contributed by atoms with Crippen LogP contribution in [-0.2, 0) is 0 Å². The van der Waals surface area contributed by atoms with Gasteiger partial charge in [0.1, 0.15) is 0 Å². The van der Waals surface area contributed by atoms with Crippen molar-refractivity contribution in [2.75, 3.05) is 0 Å². The summed E-state index contributed by atoms with van der Waals surface area (Å²) >= 11 is 0. The van der Waals surface area contributed by atoms with E-state index in [-0.39, 0.29) is 0 Å². The molecule has 0 N–H and O–H groups in total. The third kappa shape index (κ3) is 3.63. The molecule has 0 saturated carbocycles. The third-order valence-corrected chi connectivity index (χ3v) is 7.68. The highest BCUT2D eigenvalue weighted by atomic mass is 15.0. The second-order valence-corrected chi connectivity index (χ2v) is 10.1. The molecule has 0 unspecified atom stereocenters. The van der Waals surface area contributed by atoms with Crippen LogP contribution in [0.3, 0.4) is 0 Å². The second kappa shape index (κ2) is 9.11. The normalized spacial score (nSPS) is 11.5. The Bertz CT molecular complexity index is 1970. The number of fused-ring (bicyclic) bond motifs is 3. The van der Waals surface area contributed by atoms with Crippen LogP contribution in [0, 0.1) is 0 Å². The first-order valence-electron chi connectivity index (χ1n) is 13.5. The highest BCUT2D eigenvalue weighted by molar-refractivity contribution is 6.19. The highest BCUT2D eigenvalue weighted by Crippen LogP contribution is 2.50. The van der Waals surface area contributed by atoms with E-state index >= 15 is 0 Å². The quantitative estimate of drug-likeness (QED) is 0.237. The van der Waals surface area contributed by atoms with E-state index < -0.39 is 0 Å². The van der Waals surface area contributed by atoms with Crippen LogP contribution in [0.1, 0.15) is 0 Å². The molecule has 0 aliphatic heterocycles. The minimum absolute atomic E-state index is 0.669. The summed E-state index contributed by atoms with van der Waals surface area (Å²) in [5, 5.41) is 2.58. The Morgan fingerprint density at radius 3 is 1.43 bits per heavy atom. The van der Waals surface area contributed by atoms with E-state index in [2.05, 4.69) is 78.9 Å². The summed E-state index contributed by atoms with van der Waals surface area (Å²) in [7, 11) is 0. The molecule has 0 radical (unpaired) electrons. The topological polar surface area (TPSA) is 38.7 Å². The molecule has 1 aliphatic carbocycles. The molecule has 0 spiro atoms. The lowest BCUT2D eigenvalue weighted by molar-refractivity contribution is 1.07. The molecule has 0 saturated heterocycles. The zero-order valence-corrected chi connectivity index (χ0v) is 21.6. The zero-order valence-electron chi connectivity index (χ0n) is 21.6. The first-order valence-corrected chi connectivity index (χ1v) is 13.5. The molecule has 3 heteroatoms. The maximum Gasteiger partial charge on any atom is 0.164 e. The van der Waals surface area contributed by atoms with Gasteiger partial charge >= 0.3 is 0 Å². The first-order chi connectivity index (χ1) is 19.8. The predicted octanol–water partition coefficient (Wildman–Crippen LogP) is 9.34. The van der Waals surface area contributed by atoms with Crippen LogP contribution in [0.15, 0.2) is 140 Å². The Labute approximate surface area is 232 Å². The van der Waals surface area contributed by atoms with Crippen molar-refractivity contribution in [1.29, 1.82) is 0 Å². The maximum absolute atomic E-state index is 4.95. The molecular weight excluding hydrogens is 486 g/mol. The van der Waals surface area contributed by atoms with Crippen molar-refractivity contribution in [3.8, 4) is 67.5 Å². The van der Waals surface area contributed by atoms with Crippen LogP contribution in [0.25, 0.3) is 78.3 Å².